The molecule has 0 saturated carbocycles. The van der Waals surface area contributed by atoms with Crippen molar-refractivity contribution in [3.8, 4) is 5.75 Å². The van der Waals surface area contributed by atoms with E-state index in [0.29, 0.717) is 23.5 Å². The number of Topliss-reactive ketones (excluding diaryl/α,β-unsaturated/α-hetero) is 1. The van der Waals surface area contributed by atoms with Crippen LogP contribution in [0.15, 0.2) is 54.1 Å². The first kappa shape index (κ1) is 20.5. The summed E-state index contributed by atoms with van der Waals surface area (Å²) in [6.07, 6.45) is 0.272. The normalized spacial score (nSPS) is 18.3. The molecule has 2 aromatic rings. The van der Waals surface area contributed by atoms with Crippen LogP contribution in [0.25, 0.3) is 5.76 Å². The summed E-state index contributed by atoms with van der Waals surface area (Å²) in [5.41, 5.74) is 0.792. The molecular weight excluding hydrogens is 377 g/mol. The Hall–Kier alpha value is -3.19. The zero-order valence-electron chi connectivity index (χ0n) is 16.0. The minimum absolute atomic E-state index is 0.0660. The fourth-order valence-electron chi connectivity index (χ4n) is 3.37. The Labute approximate surface area is 167 Å². The van der Waals surface area contributed by atoms with E-state index < -0.39 is 23.5 Å². The number of halogens is 1. The molecule has 1 amide bonds. The Morgan fingerprint density at radius 1 is 1.10 bits per heavy atom. The van der Waals surface area contributed by atoms with E-state index in [0.717, 1.165) is 0 Å². The standard InChI is InChI=1S/C22H22FNO5/c1-2-29-17-10-6-15(7-11-17)20(26)18-19(14-4-8-16(23)9-5-14)24(12-3-13-25)22(28)21(18)27/h4-11,19,25-26H,2-3,12-13H2,1H3/b20-18-. The number of nitrogens with zero attached hydrogens (tertiary/aromatic N) is 1. The molecule has 1 aliphatic rings. The number of hydrogen-bond donors (Lipinski definition) is 2. The van der Waals surface area contributed by atoms with Gasteiger partial charge in [0.15, 0.2) is 0 Å². The van der Waals surface area contributed by atoms with Crippen LogP contribution < -0.4 is 4.74 Å². The first-order valence-electron chi connectivity index (χ1n) is 9.36. The lowest BCUT2D eigenvalue weighted by atomic mass is 9.95. The van der Waals surface area contributed by atoms with Crippen molar-refractivity contribution in [2.75, 3.05) is 19.8 Å². The van der Waals surface area contributed by atoms with Gasteiger partial charge in [-0.1, -0.05) is 12.1 Å². The summed E-state index contributed by atoms with van der Waals surface area (Å²) >= 11 is 0. The van der Waals surface area contributed by atoms with Gasteiger partial charge in [-0.25, -0.2) is 4.39 Å². The Balaban J connectivity index is 2.09. The largest absolute Gasteiger partial charge is 0.507 e. The number of rotatable bonds is 7. The second kappa shape index (κ2) is 8.87. The van der Waals surface area contributed by atoms with Crippen molar-refractivity contribution in [2.24, 2.45) is 0 Å². The highest BCUT2D eigenvalue weighted by Gasteiger charge is 2.45. The van der Waals surface area contributed by atoms with Gasteiger partial charge in [0, 0.05) is 18.7 Å². The van der Waals surface area contributed by atoms with Crippen molar-refractivity contribution in [1.82, 2.24) is 4.90 Å². The van der Waals surface area contributed by atoms with E-state index >= 15 is 0 Å². The van der Waals surface area contributed by atoms with Gasteiger partial charge in [0.25, 0.3) is 11.7 Å². The van der Waals surface area contributed by atoms with Crippen molar-refractivity contribution in [3.63, 3.8) is 0 Å². The number of ketones is 1. The SMILES string of the molecule is CCOc1ccc(/C(O)=C2/C(=O)C(=O)N(CCCO)C2c2ccc(F)cc2)cc1. The van der Waals surface area contributed by atoms with Crippen molar-refractivity contribution in [3.05, 3.63) is 71.0 Å². The quantitative estimate of drug-likeness (QED) is 0.425. The van der Waals surface area contributed by atoms with Gasteiger partial charge in [-0.3, -0.25) is 9.59 Å². The van der Waals surface area contributed by atoms with Crippen LogP contribution in [-0.4, -0.2) is 46.6 Å². The number of carbonyl (C=O) groups is 2. The third-order valence-electron chi connectivity index (χ3n) is 4.72. The van der Waals surface area contributed by atoms with Gasteiger partial charge in [-0.05, 0) is 55.3 Å². The summed E-state index contributed by atoms with van der Waals surface area (Å²) in [4.78, 5) is 26.6. The summed E-state index contributed by atoms with van der Waals surface area (Å²) in [6, 6.07) is 11.1. The maximum absolute atomic E-state index is 13.4. The molecule has 1 fully saturated rings. The maximum Gasteiger partial charge on any atom is 0.295 e. The van der Waals surface area contributed by atoms with Crippen molar-refractivity contribution in [2.45, 2.75) is 19.4 Å². The number of benzene rings is 2. The molecule has 3 rings (SSSR count). The van der Waals surface area contributed by atoms with Gasteiger partial charge < -0.3 is 19.8 Å². The number of aliphatic hydroxyl groups is 2. The first-order chi connectivity index (χ1) is 14.0. The zero-order valence-corrected chi connectivity index (χ0v) is 16.0. The molecule has 152 valence electrons. The number of likely N-dealkylation sites (tertiary alicyclic amines) is 1. The first-order valence-corrected chi connectivity index (χ1v) is 9.36. The molecule has 1 atom stereocenters. The molecule has 2 aromatic carbocycles. The Kier molecular flexibility index (Phi) is 6.29. The molecule has 0 radical (unpaired) electrons. The summed E-state index contributed by atoms with van der Waals surface area (Å²) in [5, 5.41) is 20.0. The molecule has 29 heavy (non-hydrogen) atoms. The van der Waals surface area contributed by atoms with Gasteiger partial charge in [0.2, 0.25) is 0 Å². The fraction of sp³-hybridized carbons (Fsp3) is 0.273. The molecule has 1 saturated heterocycles. The molecule has 0 aliphatic carbocycles. The predicted octanol–water partition coefficient (Wildman–Crippen LogP) is 3.03. The van der Waals surface area contributed by atoms with Gasteiger partial charge in [-0.2, -0.15) is 0 Å². The summed E-state index contributed by atoms with van der Waals surface area (Å²) in [7, 11) is 0. The molecule has 1 heterocycles. The fourth-order valence-corrected chi connectivity index (χ4v) is 3.37. The number of amides is 1. The van der Waals surface area contributed by atoms with Gasteiger partial charge in [0.1, 0.15) is 17.3 Å². The third kappa shape index (κ3) is 4.14. The average Bonchev–Trinajstić information content (AvgIpc) is 2.98. The minimum Gasteiger partial charge on any atom is -0.507 e. The smallest absolute Gasteiger partial charge is 0.295 e. The van der Waals surface area contributed by atoms with Gasteiger partial charge in [0.05, 0.1) is 18.2 Å². The molecule has 0 spiro atoms. The van der Waals surface area contributed by atoms with Crippen LogP contribution in [0.1, 0.15) is 30.5 Å². The third-order valence-corrected chi connectivity index (χ3v) is 4.72. The van der Waals surface area contributed by atoms with Crippen LogP contribution in [-0.2, 0) is 9.59 Å². The van der Waals surface area contributed by atoms with E-state index in [4.69, 9.17) is 9.84 Å². The van der Waals surface area contributed by atoms with Crippen LogP contribution in [0.5, 0.6) is 5.75 Å². The highest BCUT2D eigenvalue weighted by atomic mass is 19.1. The molecule has 2 N–H and O–H groups in total. The summed E-state index contributed by atoms with van der Waals surface area (Å²) < 4.78 is 18.8. The summed E-state index contributed by atoms with van der Waals surface area (Å²) in [5.74, 6) is -1.73. The van der Waals surface area contributed by atoms with E-state index in [9.17, 15) is 19.1 Å². The molecule has 0 bridgehead atoms. The van der Waals surface area contributed by atoms with Gasteiger partial charge in [-0.15, -0.1) is 0 Å². The van der Waals surface area contributed by atoms with E-state index in [2.05, 4.69) is 0 Å². The van der Waals surface area contributed by atoms with Crippen molar-refractivity contribution in [1.29, 1.82) is 0 Å². The second-order valence-corrected chi connectivity index (χ2v) is 6.58. The average molecular weight is 399 g/mol. The lowest BCUT2D eigenvalue weighted by Gasteiger charge is -2.25. The van der Waals surface area contributed by atoms with E-state index in [1.165, 1.54) is 29.2 Å². The van der Waals surface area contributed by atoms with Gasteiger partial charge >= 0.3 is 0 Å². The number of ether oxygens (including phenoxy) is 1. The molecule has 1 unspecified atom stereocenters. The number of hydrogen-bond acceptors (Lipinski definition) is 5. The Morgan fingerprint density at radius 2 is 1.76 bits per heavy atom. The second-order valence-electron chi connectivity index (χ2n) is 6.58. The monoisotopic (exact) mass is 399 g/mol. The highest BCUT2D eigenvalue weighted by molar-refractivity contribution is 6.46. The predicted molar refractivity (Wildman–Crippen MR) is 105 cm³/mol. The molecule has 6 nitrogen and oxygen atoms in total. The number of aliphatic hydroxyl groups excluding tert-OH is 2. The lowest BCUT2D eigenvalue weighted by molar-refractivity contribution is -0.140. The van der Waals surface area contributed by atoms with Crippen LogP contribution in [0.2, 0.25) is 0 Å². The van der Waals surface area contributed by atoms with Crippen LogP contribution in [0.3, 0.4) is 0 Å². The van der Waals surface area contributed by atoms with Crippen LogP contribution in [0.4, 0.5) is 4.39 Å². The topological polar surface area (TPSA) is 87.1 Å². The zero-order chi connectivity index (χ0) is 21.0. The minimum atomic E-state index is -0.867. The number of carbonyl (C=O) groups excluding carboxylic acids is 2. The van der Waals surface area contributed by atoms with Crippen molar-refractivity contribution >= 4 is 17.4 Å². The van der Waals surface area contributed by atoms with E-state index in [1.807, 2.05) is 6.92 Å². The Morgan fingerprint density at radius 3 is 2.34 bits per heavy atom. The summed E-state index contributed by atoms with van der Waals surface area (Å²) in [6.45, 7) is 2.32. The van der Waals surface area contributed by atoms with Crippen LogP contribution >= 0.6 is 0 Å². The van der Waals surface area contributed by atoms with Crippen molar-refractivity contribution < 1.29 is 28.9 Å². The molecule has 0 aromatic heterocycles. The maximum atomic E-state index is 13.4. The Bertz CT molecular complexity index is 921. The molecule has 7 heteroatoms. The highest BCUT2D eigenvalue weighted by Crippen LogP contribution is 2.39. The molecule has 1 aliphatic heterocycles. The van der Waals surface area contributed by atoms with E-state index in [-0.39, 0.29) is 30.9 Å². The lowest BCUT2D eigenvalue weighted by Crippen LogP contribution is -2.31. The molecular formula is C22H22FNO5. The van der Waals surface area contributed by atoms with Crippen LogP contribution in [0, 0.1) is 5.82 Å². The van der Waals surface area contributed by atoms with E-state index in [1.54, 1.807) is 24.3 Å².